The largest absolute Gasteiger partial charge is 0.489 e. The molecule has 2 nitrogen and oxygen atoms in total. The number of aryl methyl sites for hydroxylation is 1. The summed E-state index contributed by atoms with van der Waals surface area (Å²) < 4.78 is 5.86. The molecule has 3 aromatic rings. The van der Waals surface area contributed by atoms with Gasteiger partial charge >= 0.3 is 0 Å². The summed E-state index contributed by atoms with van der Waals surface area (Å²) in [4.78, 5) is 0. The van der Waals surface area contributed by atoms with E-state index in [2.05, 4.69) is 6.07 Å². The van der Waals surface area contributed by atoms with Crippen LogP contribution >= 0.6 is 11.6 Å². The zero-order chi connectivity index (χ0) is 18.0. The Morgan fingerprint density at radius 1 is 1.00 bits per heavy atom. The average molecular weight is 360 g/mol. The Labute approximate surface area is 158 Å². The van der Waals surface area contributed by atoms with Gasteiger partial charge in [0.2, 0.25) is 0 Å². The van der Waals surface area contributed by atoms with Gasteiger partial charge in [-0.05, 0) is 59.4 Å². The van der Waals surface area contributed by atoms with E-state index in [9.17, 15) is 5.26 Å². The number of nitrogens with zero attached hydrogens (tertiary/aromatic N) is 1. The van der Waals surface area contributed by atoms with Crippen molar-refractivity contribution in [2.45, 2.75) is 24.9 Å². The summed E-state index contributed by atoms with van der Waals surface area (Å²) >= 11 is 6.11. The van der Waals surface area contributed by atoms with E-state index < -0.39 is 5.41 Å². The first kappa shape index (κ1) is 16.7. The van der Waals surface area contributed by atoms with Gasteiger partial charge in [-0.1, -0.05) is 60.1 Å². The summed E-state index contributed by atoms with van der Waals surface area (Å²) in [5.74, 6) is 0.806. The Kier molecular flexibility index (Phi) is 4.41. The highest BCUT2D eigenvalue weighted by Gasteiger charge is 2.40. The van der Waals surface area contributed by atoms with Crippen LogP contribution < -0.4 is 4.74 Å². The molecule has 0 spiro atoms. The van der Waals surface area contributed by atoms with Crippen LogP contribution in [0.5, 0.6) is 5.75 Å². The minimum absolute atomic E-state index is 0.533. The molecule has 3 heteroatoms. The van der Waals surface area contributed by atoms with Crippen molar-refractivity contribution >= 4 is 11.6 Å². The van der Waals surface area contributed by atoms with E-state index in [1.807, 2.05) is 72.8 Å². The summed E-state index contributed by atoms with van der Waals surface area (Å²) in [6.45, 7) is 0.533. The van der Waals surface area contributed by atoms with Gasteiger partial charge in [-0.15, -0.1) is 0 Å². The van der Waals surface area contributed by atoms with Gasteiger partial charge < -0.3 is 4.74 Å². The normalized spacial score (nSPS) is 18.2. The van der Waals surface area contributed by atoms with Crippen LogP contribution in [-0.2, 0) is 18.4 Å². The Morgan fingerprint density at radius 2 is 1.77 bits per heavy atom. The van der Waals surface area contributed by atoms with E-state index in [-0.39, 0.29) is 0 Å². The van der Waals surface area contributed by atoms with Crippen molar-refractivity contribution in [3.05, 3.63) is 100 Å². The fourth-order valence-electron chi connectivity index (χ4n) is 3.70. The Morgan fingerprint density at radius 3 is 2.50 bits per heavy atom. The van der Waals surface area contributed by atoms with E-state index in [1.54, 1.807) is 0 Å². The summed E-state index contributed by atoms with van der Waals surface area (Å²) in [6, 6.07) is 26.4. The quantitative estimate of drug-likeness (QED) is 0.600. The van der Waals surface area contributed by atoms with Crippen LogP contribution in [0, 0.1) is 11.3 Å². The zero-order valence-corrected chi connectivity index (χ0v) is 15.0. The molecule has 0 aromatic heterocycles. The van der Waals surface area contributed by atoms with Gasteiger partial charge in [-0.25, -0.2) is 0 Å². The van der Waals surface area contributed by atoms with E-state index in [4.69, 9.17) is 16.3 Å². The van der Waals surface area contributed by atoms with E-state index in [0.717, 1.165) is 40.3 Å². The maximum atomic E-state index is 9.99. The number of hydrogen-bond donors (Lipinski definition) is 0. The van der Waals surface area contributed by atoms with Gasteiger partial charge in [0.05, 0.1) is 6.07 Å². The van der Waals surface area contributed by atoms with Crippen LogP contribution in [0.15, 0.2) is 72.8 Å². The lowest BCUT2D eigenvalue weighted by Gasteiger charge is -2.23. The number of rotatable bonds is 4. The van der Waals surface area contributed by atoms with Crippen molar-refractivity contribution in [1.29, 1.82) is 5.26 Å². The van der Waals surface area contributed by atoms with E-state index in [1.165, 1.54) is 5.56 Å². The van der Waals surface area contributed by atoms with Crippen molar-refractivity contribution < 1.29 is 4.74 Å². The number of hydrogen-bond acceptors (Lipinski definition) is 2. The number of ether oxygens (including phenoxy) is 1. The monoisotopic (exact) mass is 359 g/mol. The molecule has 0 saturated heterocycles. The second-order valence-electron chi connectivity index (χ2n) is 6.62. The highest BCUT2D eigenvalue weighted by atomic mass is 35.5. The SMILES string of the molecule is N#CC1(c2ccc(OCc3ccccc3)cc2)CCc2cc(Cl)ccc21. The Hall–Kier alpha value is -2.76. The lowest BCUT2D eigenvalue weighted by molar-refractivity contribution is 0.306. The number of halogens is 1. The average Bonchev–Trinajstić information content (AvgIpc) is 3.06. The molecule has 0 radical (unpaired) electrons. The topological polar surface area (TPSA) is 33.0 Å². The molecular formula is C23H18ClNO. The van der Waals surface area contributed by atoms with Crippen LogP contribution in [-0.4, -0.2) is 0 Å². The number of benzene rings is 3. The molecule has 3 aromatic carbocycles. The van der Waals surface area contributed by atoms with E-state index >= 15 is 0 Å². The zero-order valence-electron chi connectivity index (χ0n) is 14.3. The summed E-state index contributed by atoms with van der Waals surface area (Å²) in [5.41, 5.74) is 3.78. The third-order valence-corrected chi connectivity index (χ3v) is 5.32. The van der Waals surface area contributed by atoms with Crippen molar-refractivity contribution in [2.75, 3.05) is 0 Å². The van der Waals surface area contributed by atoms with Crippen LogP contribution in [0.2, 0.25) is 5.02 Å². The summed E-state index contributed by atoms with van der Waals surface area (Å²) in [7, 11) is 0. The smallest absolute Gasteiger partial charge is 0.119 e. The van der Waals surface area contributed by atoms with Crippen molar-refractivity contribution in [3.8, 4) is 11.8 Å². The second kappa shape index (κ2) is 6.86. The van der Waals surface area contributed by atoms with E-state index in [0.29, 0.717) is 6.61 Å². The molecule has 4 rings (SSSR count). The highest BCUT2D eigenvalue weighted by molar-refractivity contribution is 6.30. The predicted octanol–water partition coefficient (Wildman–Crippen LogP) is 5.67. The third-order valence-electron chi connectivity index (χ3n) is 5.08. The number of nitriles is 1. The van der Waals surface area contributed by atoms with Crippen LogP contribution in [0.4, 0.5) is 0 Å². The second-order valence-corrected chi connectivity index (χ2v) is 7.05. The maximum absolute atomic E-state index is 9.99. The first-order valence-corrected chi connectivity index (χ1v) is 9.06. The molecule has 0 aliphatic heterocycles. The molecule has 26 heavy (non-hydrogen) atoms. The molecule has 1 atom stereocenters. The summed E-state index contributed by atoms with van der Waals surface area (Å²) in [6.07, 6.45) is 1.65. The van der Waals surface area contributed by atoms with Crippen molar-refractivity contribution in [2.24, 2.45) is 0 Å². The highest BCUT2D eigenvalue weighted by Crippen LogP contribution is 2.44. The maximum Gasteiger partial charge on any atom is 0.119 e. The molecule has 0 N–H and O–H groups in total. The van der Waals surface area contributed by atoms with Gasteiger partial charge in [0.25, 0.3) is 0 Å². The minimum atomic E-state index is -0.599. The number of fused-ring (bicyclic) bond motifs is 1. The molecule has 0 heterocycles. The predicted molar refractivity (Wildman–Crippen MR) is 103 cm³/mol. The van der Waals surface area contributed by atoms with Gasteiger partial charge in [0, 0.05) is 5.02 Å². The van der Waals surface area contributed by atoms with Gasteiger partial charge in [0.1, 0.15) is 17.8 Å². The van der Waals surface area contributed by atoms with Crippen LogP contribution in [0.1, 0.15) is 28.7 Å². The fourth-order valence-corrected chi connectivity index (χ4v) is 3.89. The van der Waals surface area contributed by atoms with Crippen LogP contribution in [0.3, 0.4) is 0 Å². The van der Waals surface area contributed by atoms with Crippen molar-refractivity contribution in [3.63, 3.8) is 0 Å². The molecule has 0 bridgehead atoms. The molecular weight excluding hydrogens is 342 g/mol. The molecule has 1 aliphatic carbocycles. The van der Waals surface area contributed by atoms with Gasteiger partial charge in [-0.2, -0.15) is 5.26 Å². The molecule has 0 saturated carbocycles. The van der Waals surface area contributed by atoms with Crippen LogP contribution in [0.25, 0.3) is 0 Å². The first-order valence-electron chi connectivity index (χ1n) is 8.69. The standard InChI is InChI=1S/C23H18ClNO/c24-20-8-11-22-18(14-20)12-13-23(22,16-25)19-6-9-21(10-7-19)26-15-17-4-2-1-3-5-17/h1-11,14H,12-13,15H2. The van der Waals surface area contributed by atoms with Gasteiger partial charge in [0.15, 0.2) is 0 Å². The first-order chi connectivity index (χ1) is 12.7. The lowest BCUT2D eigenvalue weighted by atomic mass is 9.77. The molecule has 128 valence electrons. The molecule has 0 fully saturated rings. The lowest BCUT2D eigenvalue weighted by Crippen LogP contribution is -2.22. The molecule has 1 unspecified atom stereocenters. The Bertz CT molecular complexity index is 960. The summed E-state index contributed by atoms with van der Waals surface area (Å²) in [5, 5.41) is 10.7. The van der Waals surface area contributed by atoms with Crippen molar-refractivity contribution in [1.82, 2.24) is 0 Å². The molecule has 1 aliphatic rings. The minimum Gasteiger partial charge on any atom is -0.489 e. The van der Waals surface area contributed by atoms with Gasteiger partial charge in [-0.3, -0.25) is 0 Å². The fraction of sp³-hybridized carbons (Fsp3) is 0.174. The third kappa shape index (κ3) is 2.96. The molecule has 0 amide bonds. The Balaban J connectivity index is 1.58.